The third-order valence-electron chi connectivity index (χ3n) is 4.88. The van der Waals surface area contributed by atoms with E-state index in [-0.39, 0.29) is 12.5 Å². The van der Waals surface area contributed by atoms with Crippen LogP contribution in [0.3, 0.4) is 0 Å². The lowest BCUT2D eigenvalue weighted by molar-refractivity contribution is -0.120. The molecule has 0 spiro atoms. The van der Waals surface area contributed by atoms with Gasteiger partial charge in [0.25, 0.3) is 11.8 Å². The van der Waals surface area contributed by atoms with Crippen molar-refractivity contribution in [3.05, 3.63) is 93.1 Å². The van der Waals surface area contributed by atoms with Crippen molar-refractivity contribution >= 4 is 46.6 Å². The fraction of sp³-hybridized carbons (Fsp3) is 0.185. The average molecular weight is 599 g/mol. The van der Waals surface area contributed by atoms with Crippen molar-refractivity contribution in [2.75, 3.05) is 13.2 Å². The van der Waals surface area contributed by atoms with E-state index < -0.39 is 11.9 Å². The summed E-state index contributed by atoms with van der Waals surface area (Å²) in [5.41, 5.74) is 3.97. The molecule has 0 aliphatic heterocycles. The van der Waals surface area contributed by atoms with Gasteiger partial charge in [0.05, 0.1) is 30.5 Å². The molecule has 3 rings (SSSR count). The first-order chi connectivity index (χ1) is 17.5. The maximum atomic E-state index is 12.4. The van der Waals surface area contributed by atoms with E-state index in [0.29, 0.717) is 34.8 Å². The Hall–Kier alpha value is -3.73. The van der Waals surface area contributed by atoms with Crippen LogP contribution >= 0.6 is 22.6 Å². The highest BCUT2D eigenvalue weighted by molar-refractivity contribution is 14.1. The normalized spacial score (nSPS) is 10.6. The summed E-state index contributed by atoms with van der Waals surface area (Å²) in [4.78, 5) is 36.5. The highest BCUT2D eigenvalue weighted by atomic mass is 127. The van der Waals surface area contributed by atoms with E-state index in [0.717, 1.165) is 16.4 Å². The fourth-order valence-electron chi connectivity index (χ4n) is 2.93. The quantitative estimate of drug-likeness (QED) is 0.0840. The van der Waals surface area contributed by atoms with Crippen LogP contribution in [0.1, 0.15) is 46.0 Å². The van der Waals surface area contributed by atoms with Gasteiger partial charge in [0, 0.05) is 3.57 Å². The van der Waals surface area contributed by atoms with Gasteiger partial charge in [0.2, 0.25) is 0 Å². The third-order valence-corrected chi connectivity index (χ3v) is 5.82. The molecule has 0 unspecified atom stereocenters. The van der Waals surface area contributed by atoms with Gasteiger partial charge in [-0.25, -0.2) is 10.2 Å². The second-order valence-electron chi connectivity index (χ2n) is 7.64. The van der Waals surface area contributed by atoms with Gasteiger partial charge in [-0.1, -0.05) is 25.5 Å². The third kappa shape index (κ3) is 8.49. The summed E-state index contributed by atoms with van der Waals surface area (Å²) in [5, 5.41) is 6.44. The van der Waals surface area contributed by atoms with Crippen molar-refractivity contribution in [3.8, 4) is 11.5 Å². The Balaban J connectivity index is 1.43. The SMILES string of the molecule is CCCCOc1ccc(C(=O)Oc2ccc(/C=N\NC(=O)CNC(=O)c3ccccc3I)cc2)cc1. The van der Waals surface area contributed by atoms with E-state index in [1.807, 2.05) is 12.1 Å². The summed E-state index contributed by atoms with van der Waals surface area (Å²) in [7, 11) is 0. The second kappa shape index (κ2) is 14.0. The molecular formula is C27H26IN3O5. The molecular weight excluding hydrogens is 573 g/mol. The number of rotatable bonds is 11. The zero-order valence-electron chi connectivity index (χ0n) is 19.7. The smallest absolute Gasteiger partial charge is 0.343 e. The van der Waals surface area contributed by atoms with E-state index in [1.54, 1.807) is 60.7 Å². The first-order valence-corrected chi connectivity index (χ1v) is 12.4. The molecule has 0 heterocycles. The molecule has 2 N–H and O–H groups in total. The van der Waals surface area contributed by atoms with Gasteiger partial charge in [0.1, 0.15) is 11.5 Å². The minimum atomic E-state index is -0.476. The molecule has 186 valence electrons. The Labute approximate surface area is 223 Å². The molecule has 0 radical (unpaired) electrons. The number of unbranched alkanes of at least 4 members (excludes halogenated alkanes) is 1. The van der Waals surface area contributed by atoms with Gasteiger partial charge in [-0.3, -0.25) is 9.59 Å². The van der Waals surface area contributed by atoms with Gasteiger partial charge in [-0.15, -0.1) is 0 Å². The molecule has 0 saturated carbocycles. The predicted molar refractivity (Wildman–Crippen MR) is 145 cm³/mol. The lowest BCUT2D eigenvalue weighted by atomic mass is 10.2. The minimum Gasteiger partial charge on any atom is -0.494 e. The number of hydrogen-bond donors (Lipinski definition) is 2. The summed E-state index contributed by atoms with van der Waals surface area (Å²) < 4.78 is 11.8. The van der Waals surface area contributed by atoms with E-state index in [9.17, 15) is 14.4 Å². The van der Waals surface area contributed by atoms with Gasteiger partial charge in [0.15, 0.2) is 0 Å². The number of hydrazone groups is 1. The lowest BCUT2D eigenvalue weighted by Gasteiger charge is -2.07. The molecule has 2 amide bonds. The first kappa shape index (κ1) is 26.9. The molecule has 8 nitrogen and oxygen atoms in total. The largest absolute Gasteiger partial charge is 0.494 e. The Morgan fingerprint density at radius 2 is 1.64 bits per heavy atom. The summed E-state index contributed by atoms with van der Waals surface area (Å²) in [6, 6.07) is 20.6. The fourth-order valence-corrected chi connectivity index (χ4v) is 3.56. The van der Waals surface area contributed by atoms with Gasteiger partial charge >= 0.3 is 5.97 Å². The number of halogens is 1. The van der Waals surface area contributed by atoms with Crippen LogP contribution in [0.25, 0.3) is 0 Å². The number of nitrogens with one attached hydrogen (secondary N) is 2. The zero-order chi connectivity index (χ0) is 25.8. The highest BCUT2D eigenvalue weighted by Crippen LogP contribution is 2.17. The summed E-state index contributed by atoms with van der Waals surface area (Å²) in [5.74, 6) is -0.179. The number of carbonyl (C=O) groups is 3. The van der Waals surface area contributed by atoms with Gasteiger partial charge in [-0.05, 0) is 95.2 Å². The monoisotopic (exact) mass is 599 g/mol. The standard InChI is InChI=1S/C27H26IN3O5/c1-2-3-16-35-21-14-10-20(11-15-21)27(34)36-22-12-8-19(9-13-22)17-30-31-25(32)18-29-26(33)23-6-4-5-7-24(23)28/h4-15,17H,2-3,16,18H2,1H3,(H,29,33)(H,31,32)/b30-17-. The van der Waals surface area contributed by atoms with Crippen LogP contribution in [0, 0.1) is 3.57 Å². The van der Waals surface area contributed by atoms with E-state index in [1.165, 1.54) is 6.21 Å². The van der Waals surface area contributed by atoms with Gasteiger partial charge < -0.3 is 14.8 Å². The molecule has 9 heteroatoms. The van der Waals surface area contributed by atoms with Crippen molar-refractivity contribution in [1.29, 1.82) is 0 Å². The van der Waals surface area contributed by atoms with Crippen LogP contribution in [0.15, 0.2) is 77.9 Å². The van der Waals surface area contributed by atoms with Crippen LogP contribution in [-0.4, -0.2) is 37.1 Å². The van der Waals surface area contributed by atoms with Crippen molar-refractivity contribution in [1.82, 2.24) is 10.7 Å². The zero-order valence-corrected chi connectivity index (χ0v) is 21.9. The van der Waals surface area contributed by atoms with Crippen molar-refractivity contribution in [3.63, 3.8) is 0 Å². The molecule has 0 aliphatic rings. The maximum absolute atomic E-state index is 12.4. The number of carbonyl (C=O) groups excluding carboxylic acids is 3. The first-order valence-electron chi connectivity index (χ1n) is 11.4. The summed E-state index contributed by atoms with van der Waals surface area (Å²) in [6.07, 6.45) is 3.48. The number of hydrogen-bond acceptors (Lipinski definition) is 6. The predicted octanol–water partition coefficient (Wildman–Crippen LogP) is 4.57. The molecule has 0 aromatic heterocycles. The van der Waals surface area contributed by atoms with Crippen LogP contribution in [0.2, 0.25) is 0 Å². The number of ether oxygens (including phenoxy) is 2. The molecule has 0 saturated heterocycles. The van der Waals surface area contributed by atoms with Gasteiger partial charge in [-0.2, -0.15) is 5.10 Å². The Morgan fingerprint density at radius 3 is 2.33 bits per heavy atom. The number of nitrogens with zero attached hydrogens (tertiary/aromatic N) is 1. The van der Waals surface area contributed by atoms with E-state index >= 15 is 0 Å². The summed E-state index contributed by atoms with van der Waals surface area (Å²) >= 11 is 2.06. The second-order valence-corrected chi connectivity index (χ2v) is 8.80. The molecule has 36 heavy (non-hydrogen) atoms. The van der Waals surface area contributed by atoms with Crippen molar-refractivity contribution < 1.29 is 23.9 Å². The Bertz CT molecular complexity index is 1210. The highest BCUT2D eigenvalue weighted by Gasteiger charge is 2.11. The Kier molecular flexibility index (Phi) is 10.4. The van der Waals surface area contributed by atoms with Crippen molar-refractivity contribution in [2.45, 2.75) is 19.8 Å². The van der Waals surface area contributed by atoms with Crippen molar-refractivity contribution in [2.24, 2.45) is 5.10 Å². The lowest BCUT2D eigenvalue weighted by Crippen LogP contribution is -2.35. The molecule has 3 aromatic rings. The molecule has 0 fully saturated rings. The molecule has 0 bridgehead atoms. The summed E-state index contributed by atoms with van der Waals surface area (Å²) in [6.45, 7) is 2.53. The van der Waals surface area contributed by atoms with Crippen LogP contribution in [-0.2, 0) is 4.79 Å². The van der Waals surface area contributed by atoms with E-state index in [2.05, 4.69) is 45.4 Å². The number of benzene rings is 3. The molecule has 0 aliphatic carbocycles. The Morgan fingerprint density at radius 1 is 0.944 bits per heavy atom. The van der Waals surface area contributed by atoms with Crippen LogP contribution < -0.4 is 20.2 Å². The number of amides is 2. The number of esters is 1. The maximum Gasteiger partial charge on any atom is 0.343 e. The van der Waals surface area contributed by atoms with Crippen LogP contribution in [0.4, 0.5) is 0 Å². The minimum absolute atomic E-state index is 0.206. The topological polar surface area (TPSA) is 106 Å². The van der Waals surface area contributed by atoms with Crippen LogP contribution in [0.5, 0.6) is 11.5 Å². The molecule has 0 atom stereocenters. The van der Waals surface area contributed by atoms with E-state index in [4.69, 9.17) is 9.47 Å². The average Bonchev–Trinajstić information content (AvgIpc) is 2.89. The molecule has 3 aromatic carbocycles.